The summed E-state index contributed by atoms with van der Waals surface area (Å²) in [6.07, 6.45) is 0. The van der Waals surface area contributed by atoms with Crippen LogP contribution in [0.5, 0.6) is 0 Å². The molecule has 0 bridgehead atoms. The molecule has 0 saturated heterocycles. The first-order chi connectivity index (χ1) is 4.30. The molecular formula is C7H5MnOZn. The van der Waals surface area contributed by atoms with Gasteiger partial charge in [-0.25, -0.2) is 0 Å². The van der Waals surface area contributed by atoms with Crippen molar-refractivity contribution in [3.8, 4) is 0 Å². The van der Waals surface area contributed by atoms with Crippen LogP contribution in [0.15, 0.2) is 30.3 Å². The second-order valence-electron chi connectivity index (χ2n) is 1.64. The predicted molar refractivity (Wildman–Crippen MR) is 30.8 cm³/mol. The monoisotopic (exact) mass is 224 g/mol. The molecule has 0 radical (unpaired) electrons. The molecule has 48 valence electrons. The molecule has 0 amide bonds. The first kappa shape index (κ1) is 10.0. The first-order valence-corrected chi connectivity index (χ1v) is 3.14. The van der Waals surface area contributed by atoms with Crippen LogP contribution in [0.1, 0.15) is 10.4 Å². The summed E-state index contributed by atoms with van der Waals surface area (Å²) in [4.78, 5) is 10.6. The fraction of sp³-hybridized carbons (Fsp3) is 0. The smallest absolute Gasteiger partial charge is 0 e. The molecule has 1 aromatic carbocycles. The minimum absolute atomic E-state index is 0. The summed E-state index contributed by atoms with van der Waals surface area (Å²) >= 11 is 2.84. The minimum Gasteiger partial charge on any atom is 0 e. The first-order valence-electron chi connectivity index (χ1n) is 2.55. The molecule has 10 heavy (non-hydrogen) atoms. The van der Waals surface area contributed by atoms with E-state index in [9.17, 15) is 4.79 Å². The number of carbonyl (C=O) groups excluding carboxylic acids is 1. The molecule has 0 unspecified atom stereocenters. The molecule has 0 spiro atoms. The van der Waals surface area contributed by atoms with E-state index in [0.717, 1.165) is 0 Å². The van der Waals surface area contributed by atoms with Crippen molar-refractivity contribution < 1.29 is 40.3 Å². The van der Waals surface area contributed by atoms with Gasteiger partial charge in [-0.1, -0.05) is 0 Å². The Labute approximate surface area is 80.8 Å². The molecular weight excluding hydrogens is 220 g/mol. The topological polar surface area (TPSA) is 17.1 Å². The van der Waals surface area contributed by atoms with E-state index in [1.807, 2.05) is 18.2 Å². The van der Waals surface area contributed by atoms with Gasteiger partial charge in [0.05, 0.1) is 0 Å². The average Bonchev–Trinajstić information content (AvgIpc) is 1.90. The number of hydrogen-bond acceptors (Lipinski definition) is 1. The van der Waals surface area contributed by atoms with Crippen molar-refractivity contribution in [2.24, 2.45) is 0 Å². The van der Waals surface area contributed by atoms with Crippen LogP contribution >= 0.6 is 0 Å². The van der Waals surface area contributed by atoms with Crippen LogP contribution in [0.4, 0.5) is 0 Å². The zero-order valence-electron chi connectivity index (χ0n) is 5.38. The minimum atomic E-state index is -0.0666. The molecule has 0 fully saturated rings. The Kier molecular flexibility index (Phi) is 4.80. The second kappa shape index (κ2) is 4.79. The van der Waals surface area contributed by atoms with E-state index in [2.05, 4.69) is 16.0 Å². The zero-order chi connectivity index (χ0) is 6.69. The van der Waals surface area contributed by atoms with E-state index in [4.69, 9.17) is 0 Å². The van der Waals surface area contributed by atoms with Crippen molar-refractivity contribution in [3.63, 3.8) is 0 Å². The Morgan fingerprint density at radius 3 is 2.00 bits per heavy atom. The van der Waals surface area contributed by atoms with Crippen LogP contribution in [-0.4, -0.2) is 4.68 Å². The molecule has 0 aliphatic rings. The Morgan fingerprint density at radius 1 is 1.20 bits per heavy atom. The molecule has 0 heterocycles. The molecule has 0 atom stereocenters. The van der Waals surface area contributed by atoms with Crippen molar-refractivity contribution >= 4 is 4.68 Å². The quantitative estimate of drug-likeness (QED) is 0.660. The van der Waals surface area contributed by atoms with E-state index >= 15 is 0 Å². The molecule has 1 nitrogen and oxygen atoms in total. The molecule has 0 aliphatic heterocycles. The number of hydrogen-bond donors (Lipinski definition) is 0. The van der Waals surface area contributed by atoms with E-state index < -0.39 is 0 Å². The Hall–Kier alpha value is 0.0329. The summed E-state index contributed by atoms with van der Waals surface area (Å²) in [5, 5.41) is 0. The standard InChI is InChI=1S/C7H5O.Mn.Zn/c8-6-7-4-2-1-3-5-7;;/h1-5H;;. The van der Waals surface area contributed by atoms with Gasteiger partial charge in [-0.15, -0.1) is 0 Å². The van der Waals surface area contributed by atoms with Gasteiger partial charge in [0.2, 0.25) is 0 Å². The van der Waals surface area contributed by atoms with Crippen LogP contribution in [-0.2, 0) is 35.5 Å². The summed E-state index contributed by atoms with van der Waals surface area (Å²) in [5.74, 6) is 0. The summed E-state index contributed by atoms with van der Waals surface area (Å²) in [6, 6.07) is 9.05. The van der Waals surface area contributed by atoms with Crippen LogP contribution in [0.3, 0.4) is 0 Å². The van der Waals surface area contributed by atoms with Crippen LogP contribution < -0.4 is 0 Å². The van der Waals surface area contributed by atoms with Gasteiger partial charge in [0, 0.05) is 19.5 Å². The van der Waals surface area contributed by atoms with Gasteiger partial charge < -0.3 is 0 Å². The third kappa shape index (κ3) is 2.74. The van der Waals surface area contributed by atoms with Crippen LogP contribution in [0.25, 0.3) is 0 Å². The maximum Gasteiger partial charge on any atom is 0 e. The van der Waals surface area contributed by atoms with Gasteiger partial charge in [-0.2, -0.15) is 0 Å². The van der Waals surface area contributed by atoms with Gasteiger partial charge in [-0.3, -0.25) is 0 Å². The van der Waals surface area contributed by atoms with E-state index in [1.165, 1.54) is 0 Å². The van der Waals surface area contributed by atoms with Gasteiger partial charge in [0.1, 0.15) is 0 Å². The Bertz CT molecular complexity index is 210. The van der Waals surface area contributed by atoms with Crippen molar-refractivity contribution in [2.45, 2.75) is 0 Å². The number of benzene rings is 1. The fourth-order valence-corrected chi connectivity index (χ4v) is 0.766. The molecule has 1 rings (SSSR count). The van der Waals surface area contributed by atoms with Crippen molar-refractivity contribution in [2.75, 3.05) is 0 Å². The summed E-state index contributed by atoms with van der Waals surface area (Å²) < 4.78 is -0.0666. The molecule has 0 aliphatic carbocycles. The van der Waals surface area contributed by atoms with Crippen molar-refractivity contribution in [3.05, 3.63) is 35.9 Å². The molecule has 3 heteroatoms. The van der Waals surface area contributed by atoms with E-state index in [0.29, 0.717) is 5.56 Å². The third-order valence-electron chi connectivity index (χ3n) is 1.00. The maximum absolute atomic E-state index is 10.6. The molecule has 0 aromatic heterocycles. The van der Waals surface area contributed by atoms with Crippen molar-refractivity contribution in [1.82, 2.24) is 0 Å². The Morgan fingerprint density at radius 2 is 1.70 bits per heavy atom. The third-order valence-corrected chi connectivity index (χ3v) is 1.34. The molecule has 1 aromatic rings. The van der Waals surface area contributed by atoms with E-state index in [1.54, 1.807) is 12.1 Å². The fourth-order valence-electron chi connectivity index (χ4n) is 0.569. The van der Waals surface area contributed by atoms with Gasteiger partial charge >= 0.3 is 61.4 Å². The molecule has 0 N–H and O–H groups in total. The largest absolute Gasteiger partial charge is 0 e. The Balaban J connectivity index is 0.000000810. The zero-order valence-corrected chi connectivity index (χ0v) is 9.53. The van der Waals surface area contributed by atoms with Gasteiger partial charge in [-0.05, 0) is 0 Å². The van der Waals surface area contributed by atoms with Crippen molar-refractivity contribution in [1.29, 1.82) is 0 Å². The summed E-state index contributed by atoms with van der Waals surface area (Å²) in [7, 11) is 0. The SMILES string of the molecule is O=[C]([Mn])c1ccccc1.[Zn]. The van der Waals surface area contributed by atoms with Crippen LogP contribution in [0, 0.1) is 0 Å². The van der Waals surface area contributed by atoms with Gasteiger partial charge in [0.25, 0.3) is 0 Å². The number of rotatable bonds is 1. The summed E-state index contributed by atoms with van der Waals surface area (Å²) in [6.45, 7) is 0. The van der Waals surface area contributed by atoms with Gasteiger partial charge in [0.15, 0.2) is 0 Å². The van der Waals surface area contributed by atoms with Crippen LogP contribution in [0.2, 0.25) is 0 Å². The van der Waals surface area contributed by atoms with E-state index in [-0.39, 0.29) is 24.2 Å². The predicted octanol–water partition coefficient (Wildman–Crippen LogP) is 1.37. The maximum atomic E-state index is 10.6. The normalized spacial score (nSPS) is 8.10. The summed E-state index contributed by atoms with van der Waals surface area (Å²) in [5.41, 5.74) is 0.692. The second-order valence-corrected chi connectivity index (χ2v) is 2.18. The molecule has 0 saturated carbocycles. The number of carbonyl (C=O) groups is 1. The average molecular weight is 225 g/mol.